The molecule has 0 aliphatic carbocycles. The third kappa shape index (κ3) is 5.21. The van der Waals surface area contributed by atoms with Crippen molar-refractivity contribution in [2.75, 3.05) is 24.2 Å². The van der Waals surface area contributed by atoms with Crippen LogP contribution in [0.3, 0.4) is 0 Å². The molecule has 2 rings (SSSR count). The van der Waals surface area contributed by atoms with Crippen molar-refractivity contribution in [1.29, 1.82) is 0 Å². The molecule has 0 spiro atoms. The van der Waals surface area contributed by atoms with Gasteiger partial charge in [0.15, 0.2) is 0 Å². The molecule has 5 nitrogen and oxygen atoms in total. The van der Waals surface area contributed by atoms with Crippen molar-refractivity contribution >= 4 is 23.2 Å². The molecule has 0 unspecified atom stereocenters. The molecule has 2 amide bonds. The lowest BCUT2D eigenvalue weighted by Gasteiger charge is -2.23. The number of aryl methyl sites for hydroxylation is 1. The summed E-state index contributed by atoms with van der Waals surface area (Å²) in [6, 6.07) is 16.4. The lowest BCUT2D eigenvalue weighted by Crippen LogP contribution is -2.43. The van der Waals surface area contributed by atoms with Crippen LogP contribution in [0, 0.1) is 6.92 Å². The van der Waals surface area contributed by atoms with E-state index in [1.54, 1.807) is 18.9 Å². The maximum atomic E-state index is 12.2. The highest BCUT2D eigenvalue weighted by Crippen LogP contribution is 2.10. The Hall–Kier alpha value is -2.66. The second-order valence-corrected chi connectivity index (χ2v) is 5.86. The predicted molar refractivity (Wildman–Crippen MR) is 97.0 cm³/mol. The lowest BCUT2D eigenvalue weighted by atomic mass is 10.2. The number of rotatable bonds is 6. The van der Waals surface area contributed by atoms with Gasteiger partial charge in [0.05, 0.1) is 12.6 Å². The largest absolute Gasteiger partial charge is 0.325 e. The van der Waals surface area contributed by atoms with Crippen molar-refractivity contribution in [2.45, 2.75) is 19.9 Å². The van der Waals surface area contributed by atoms with E-state index in [0.717, 1.165) is 16.9 Å². The minimum atomic E-state index is -0.422. The molecule has 1 atom stereocenters. The first-order valence-corrected chi connectivity index (χ1v) is 7.88. The maximum absolute atomic E-state index is 12.2. The van der Waals surface area contributed by atoms with Crippen LogP contribution in [-0.2, 0) is 9.59 Å². The Morgan fingerprint density at radius 2 is 1.54 bits per heavy atom. The van der Waals surface area contributed by atoms with Gasteiger partial charge in [-0.1, -0.05) is 35.9 Å². The molecule has 24 heavy (non-hydrogen) atoms. The number of anilines is 2. The molecular formula is C19H23N3O2. The van der Waals surface area contributed by atoms with E-state index in [1.165, 1.54) is 0 Å². The maximum Gasteiger partial charge on any atom is 0.241 e. The zero-order chi connectivity index (χ0) is 17.5. The third-order valence-corrected chi connectivity index (χ3v) is 3.81. The van der Waals surface area contributed by atoms with Crippen LogP contribution in [0.25, 0.3) is 0 Å². The summed E-state index contributed by atoms with van der Waals surface area (Å²) in [6.45, 7) is 3.90. The van der Waals surface area contributed by atoms with Gasteiger partial charge in [-0.3, -0.25) is 14.5 Å². The minimum absolute atomic E-state index is 0.136. The topological polar surface area (TPSA) is 61.4 Å². The fraction of sp³-hybridized carbons (Fsp3) is 0.263. The Kier molecular flexibility index (Phi) is 6.09. The summed E-state index contributed by atoms with van der Waals surface area (Å²) in [6.07, 6.45) is 0. The summed E-state index contributed by atoms with van der Waals surface area (Å²) < 4.78 is 0. The smallest absolute Gasteiger partial charge is 0.241 e. The van der Waals surface area contributed by atoms with E-state index in [4.69, 9.17) is 0 Å². The van der Waals surface area contributed by atoms with Gasteiger partial charge in [-0.15, -0.1) is 0 Å². The van der Waals surface area contributed by atoms with Gasteiger partial charge in [-0.25, -0.2) is 0 Å². The summed E-state index contributed by atoms with van der Waals surface area (Å²) in [5.41, 5.74) is 2.63. The zero-order valence-electron chi connectivity index (χ0n) is 14.2. The van der Waals surface area contributed by atoms with E-state index >= 15 is 0 Å². The predicted octanol–water partition coefficient (Wildman–Crippen LogP) is 2.89. The van der Waals surface area contributed by atoms with Crippen LogP contribution in [0.15, 0.2) is 54.6 Å². The third-order valence-electron chi connectivity index (χ3n) is 3.81. The first-order chi connectivity index (χ1) is 11.5. The Bertz CT molecular complexity index is 684. The van der Waals surface area contributed by atoms with Gasteiger partial charge in [-0.05, 0) is 45.2 Å². The number of benzene rings is 2. The monoisotopic (exact) mass is 325 g/mol. The van der Waals surface area contributed by atoms with E-state index in [0.29, 0.717) is 0 Å². The van der Waals surface area contributed by atoms with Crippen molar-refractivity contribution < 1.29 is 9.59 Å². The first-order valence-electron chi connectivity index (χ1n) is 7.88. The van der Waals surface area contributed by atoms with Crippen molar-refractivity contribution in [2.24, 2.45) is 0 Å². The quantitative estimate of drug-likeness (QED) is 0.858. The van der Waals surface area contributed by atoms with Crippen LogP contribution in [0.1, 0.15) is 12.5 Å². The molecule has 2 aromatic rings. The number of hydrogen-bond donors (Lipinski definition) is 2. The molecular weight excluding hydrogens is 302 g/mol. The van der Waals surface area contributed by atoms with Gasteiger partial charge in [0.1, 0.15) is 0 Å². The van der Waals surface area contributed by atoms with Crippen molar-refractivity contribution in [3.63, 3.8) is 0 Å². The minimum Gasteiger partial charge on any atom is -0.325 e. The van der Waals surface area contributed by atoms with Gasteiger partial charge in [0.2, 0.25) is 11.8 Å². The molecule has 2 aromatic carbocycles. The summed E-state index contributed by atoms with van der Waals surface area (Å²) >= 11 is 0. The molecule has 0 radical (unpaired) electrons. The SMILES string of the molecule is Cc1ccc(NC(=O)CN(C)[C@H](C)C(=O)Nc2ccccc2)cc1. The van der Waals surface area contributed by atoms with Crippen LogP contribution in [-0.4, -0.2) is 36.3 Å². The number of carbonyl (C=O) groups excluding carboxylic acids is 2. The Balaban J connectivity index is 1.86. The average molecular weight is 325 g/mol. The summed E-state index contributed by atoms with van der Waals surface area (Å²) in [5, 5.41) is 5.67. The Labute approximate surface area is 142 Å². The van der Waals surface area contributed by atoms with E-state index in [9.17, 15) is 9.59 Å². The summed E-state index contributed by atoms with van der Waals surface area (Å²) in [5.74, 6) is -0.299. The molecule has 2 N–H and O–H groups in total. The van der Waals surface area contributed by atoms with Gasteiger partial charge in [0.25, 0.3) is 0 Å². The lowest BCUT2D eigenvalue weighted by molar-refractivity contribution is -0.122. The second-order valence-electron chi connectivity index (χ2n) is 5.86. The fourth-order valence-electron chi connectivity index (χ4n) is 2.17. The van der Waals surface area contributed by atoms with Gasteiger partial charge in [-0.2, -0.15) is 0 Å². The number of hydrogen-bond acceptors (Lipinski definition) is 3. The molecule has 126 valence electrons. The van der Waals surface area contributed by atoms with E-state index in [1.807, 2.05) is 61.5 Å². The van der Waals surface area contributed by atoms with Crippen LogP contribution in [0.2, 0.25) is 0 Å². The normalized spacial score (nSPS) is 11.8. The molecule has 0 fully saturated rings. The molecule has 0 saturated carbocycles. The molecule has 5 heteroatoms. The molecule has 0 saturated heterocycles. The molecule has 0 aliphatic heterocycles. The van der Waals surface area contributed by atoms with E-state index in [2.05, 4.69) is 10.6 Å². The average Bonchev–Trinajstić information content (AvgIpc) is 2.57. The van der Waals surface area contributed by atoms with Crippen molar-refractivity contribution in [1.82, 2.24) is 4.90 Å². The summed E-state index contributed by atoms with van der Waals surface area (Å²) in [4.78, 5) is 26.1. The summed E-state index contributed by atoms with van der Waals surface area (Å²) in [7, 11) is 1.75. The zero-order valence-corrected chi connectivity index (χ0v) is 14.2. The van der Waals surface area contributed by atoms with Crippen LogP contribution >= 0.6 is 0 Å². The second kappa shape index (κ2) is 8.26. The van der Waals surface area contributed by atoms with Crippen LogP contribution < -0.4 is 10.6 Å². The highest BCUT2D eigenvalue weighted by Gasteiger charge is 2.20. The number of carbonyl (C=O) groups is 2. The number of nitrogens with zero attached hydrogens (tertiary/aromatic N) is 1. The van der Waals surface area contributed by atoms with Gasteiger partial charge >= 0.3 is 0 Å². The number of para-hydroxylation sites is 1. The Morgan fingerprint density at radius 1 is 0.958 bits per heavy atom. The van der Waals surface area contributed by atoms with Gasteiger partial charge in [0, 0.05) is 11.4 Å². The standard InChI is InChI=1S/C19H23N3O2/c1-14-9-11-17(12-10-14)20-18(23)13-22(3)15(2)19(24)21-16-7-5-4-6-8-16/h4-12,15H,13H2,1-3H3,(H,20,23)(H,21,24)/t15-/m1/s1. The molecule has 0 heterocycles. The highest BCUT2D eigenvalue weighted by atomic mass is 16.2. The highest BCUT2D eigenvalue weighted by molar-refractivity contribution is 5.96. The molecule has 0 aliphatic rings. The molecule has 0 bridgehead atoms. The number of likely N-dealkylation sites (N-methyl/N-ethyl adjacent to an activating group) is 1. The Morgan fingerprint density at radius 3 is 2.17 bits per heavy atom. The first kappa shape index (κ1) is 17.7. The van der Waals surface area contributed by atoms with Gasteiger partial charge < -0.3 is 10.6 Å². The van der Waals surface area contributed by atoms with Crippen LogP contribution in [0.4, 0.5) is 11.4 Å². The van der Waals surface area contributed by atoms with Crippen molar-refractivity contribution in [3.8, 4) is 0 Å². The van der Waals surface area contributed by atoms with E-state index in [-0.39, 0.29) is 18.4 Å². The fourth-order valence-corrected chi connectivity index (χ4v) is 2.17. The van der Waals surface area contributed by atoms with Crippen molar-refractivity contribution in [3.05, 3.63) is 60.2 Å². The number of amides is 2. The number of nitrogens with one attached hydrogen (secondary N) is 2. The van der Waals surface area contributed by atoms with E-state index < -0.39 is 6.04 Å². The van der Waals surface area contributed by atoms with Crippen LogP contribution in [0.5, 0.6) is 0 Å². The molecule has 0 aromatic heterocycles.